The van der Waals surface area contributed by atoms with Gasteiger partial charge in [0.2, 0.25) is 0 Å². The Balaban J connectivity index is 1.56. The number of aromatic nitrogens is 2. The first-order valence-corrected chi connectivity index (χ1v) is 12.7. The highest BCUT2D eigenvalue weighted by molar-refractivity contribution is 6.09. The number of carbonyl (C=O) groups excluding carboxylic acids is 2. The molecule has 10 nitrogen and oxygen atoms in total. The number of hydrogen-bond donors (Lipinski definition) is 3. The van der Waals surface area contributed by atoms with Crippen LogP contribution in [-0.2, 0) is 4.79 Å². The van der Waals surface area contributed by atoms with Gasteiger partial charge in [0.15, 0.2) is 0 Å². The molecule has 0 saturated carbocycles. The van der Waals surface area contributed by atoms with Crippen molar-refractivity contribution in [1.29, 1.82) is 0 Å². The standard InChI is InChI=1S/C30H28N6O4/c1-17-6-5-7-22(15-17)33-29(37)24-16-31-35-27(21-9-11-23(12-10-21)36(39)40)26(20(4)32-28(24)35)30(38)34-25-13-8-18(2)14-19(25)3/h5-16,27,32H,1-4H3,(H,33,37)(H,34,38)/t27-/m0/s1. The Kier molecular flexibility index (Phi) is 6.91. The SMILES string of the molecule is CC1=C(C(=O)Nc2ccc(C)cc2C)[C@H](c2ccc([N+](=O)[O-])cc2)n2ncc(C(=O)Nc3cccc(C)c3)c2N1. The molecule has 0 radical (unpaired) electrons. The Bertz CT molecular complexity index is 1690. The van der Waals surface area contributed by atoms with Crippen molar-refractivity contribution in [3.8, 4) is 0 Å². The van der Waals surface area contributed by atoms with E-state index in [-0.39, 0.29) is 17.5 Å². The molecule has 0 saturated heterocycles. The number of rotatable bonds is 6. The second-order valence-electron chi connectivity index (χ2n) is 9.86. The lowest BCUT2D eigenvalue weighted by molar-refractivity contribution is -0.384. The first-order chi connectivity index (χ1) is 19.1. The number of nitro benzene ring substituents is 1. The number of amides is 2. The molecule has 0 aliphatic carbocycles. The maximum atomic E-state index is 13.8. The van der Waals surface area contributed by atoms with E-state index in [4.69, 9.17) is 0 Å². The highest BCUT2D eigenvalue weighted by atomic mass is 16.6. The molecule has 3 aromatic carbocycles. The molecule has 0 unspecified atom stereocenters. The number of aryl methyl sites for hydroxylation is 3. The lowest BCUT2D eigenvalue weighted by Gasteiger charge is -2.30. The van der Waals surface area contributed by atoms with Crippen LogP contribution >= 0.6 is 0 Å². The van der Waals surface area contributed by atoms with E-state index in [0.717, 1.165) is 16.7 Å². The van der Waals surface area contributed by atoms with Crippen LogP contribution in [0.15, 0.2) is 84.2 Å². The molecule has 5 rings (SSSR count). The third-order valence-electron chi connectivity index (χ3n) is 6.84. The largest absolute Gasteiger partial charge is 0.343 e. The zero-order valence-corrected chi connectivity index (χ0v) is 22.5. The van der Waals surface area contributed by atoms with Gasteiger partial charge < -0.3 is 16.0 Å². The van der Waals surface area contributed by atoms with E-state index >= 15 is 0 Å². The topological polar surface area (TPSA) is 131 Å². The van der Waals surface area contributed by atoms with Gasteiger partial charge >= 0.3 is 0 Å². The molecule has 2 heterocycles. The van der Waals surface area contributed by atoms with Crippen LogP contribution in [0, 0.1) is 30.9 Å². The van der Waals surface area contributed by atoms with E-state index in [1.807, 2.05) is 57.2 Å². The van der Waals surface area contributed by atoms with Crippen molar-refractivity contribution in [2.75, 3.05) is 16.0 Å². The Hall–Kier alpha value is -5.25. The van der Waals surface area contributed by atoms with E-state index in [1.54, 1.807) is 29.8 Å². The van der Waals surface area contributed by atoms with E-state index in [2.05, 4.69) is 21.0 Å². The first-order valence-electron chi connectivity index (χ1n) is 12.7. The van der Waals surface area contributed by atoms with Gasteiger partial charge in [-0.25, -0.2) is 4.68 Å². The number of allylic oxidation sites excluding steroid dienone is 1. The number of benzene rings is 3. The van der Waals surface area contributed by atoms with Crippen molar-refractivity contribution >= 4 is 34.7 Å². The minimum Gasteiger partial charge on any atom is -0.343 e. The predicted molar refractivity (Wildman–Crippen MR) is 153 cm³/mol. The molecule has 202 valence electrons. The van der Waals surface area contributed by atoms with Gasteiger partial charge in [-0.1, -0.05) is 29.8 Å². The van der Waals surface area contributed by atoms with Gasteiger partial charge in [0.1, 0.15) is 17.4 Å². The quantitative estimate of drug-likeness (QED) is 0.208. The number of fused-ring (bicyclic) bond motifs is 1. The molecule has 10 heteroatoms. The van der Waals surface area contributed by atoms with Crippen molar-refractivity contribution in [1.82, 2.24) is 9.78 Å². The average Bonchev–Trinajstić information content (AvgIpc) is 3.33. The minimum absolute atomic E-state index is 0.0708. The fraction of sp³-hybridized carbons (Fsp3) is 0.167. The summed E-state index contributed by atoms with van der Waals surface area (Å²) < 4.78 is 1.57. The molecular weight excluding hydrogens is 508 g/mol. The number of nitrogens with zero attached hydrogens (tertiary/aromatic N) is 3. The van der Waals surface area contributed by atoms with Gasteiger partial charge in [-0.2, -0.15) is 5.10 Å². The number of hydrogen-bond acceptors (Lipinski definition) is 6. The van der Waals surface area contributed by atoms with E-state index in [9.17, 15) is 19.7 Å². The molecule has 1 atom stereocenters. The van der Waals surface area contributed by atoms with E-state index in [1.165, 1.54) is 18.3 Å². The first kappa shape index (κ1) is 26.4. The zero-order valence-electron chi connectivity index (χ0n) is 22.5. The van der Waals surface area contributed by atoms with Crippen LogP contribution in [0.25, 0.3) is 0 Å². The van der Waals surface area contributed by atoms with Gasteiger partial charge in [0, 0.05) is 29.2 Å². The minimum atomic E-state index is -0.747. The second kappa shape index (κ2) is 10.5. The maximum Gasteiger partial charge on any atom is 0.269 e. The molecule has 40 heavy (non-hydrogen) atoms. The predicted octanol–water partition coefficient (Wildman–Crippen LogP) is 5.90. The number of nitrogens with one attached hydrogen (secondary N) is 3. The molecule has 1 aliphatic rings. The molecule has 0 bridgehead atoms. The van der Waals surface area contributed by atoms with Crippen molar-refractivity contribution < 1.29 is 14.5 Å². The van der Waals surface area contributed by atoms with Crippen LogP contribution in [0.5, 0.6) is 0 Å². The summed E-state index contributed by atoms with van der Waals surface area (Å²) in [5, 5.41) is 24.9. The van der Waals surface area contributed by atoms with Gasteiger partial charge in [-0.05, 0) is 74.7 Å². The number of non-ortho nitro benzene ring substituents is 1. The zero-order chi connectivity index (χ0) is 28.6. The molecular formula is C30H28N6O4. The smallest absolute Gasteiger partial charge is 0.269 e. The molecule has 4 aromatic rings. The maximum absolute atomic E-state index is 13.8. The van der Waals surface area contributed by atoms with Crippen LogP contribution in [0.3, 0.4) is 0 Å². The Morgan fingerprint density at radius 1 is 0.925 bits per heavy atom. The Morgan fingerprint density at radius 3 is 2.33 bits per heavy atom. The summed E-state index contributed by atoms with van der Waals surface area (Å²) in [6.07, 6.45) is 1.45. The van der Waals surface area contributed by atoms with Crippen LogP contribution in [0.1, 0.15) is 45.6 Å². The lowest BCUT2D eigenvalue weighted by atomic mass is 9.94. The highest BCUT2D eigenvalue weighted by Gasteiger charge is 2.35. The third-order valence-corrected chi connectivity index (χ3v) is 6.84. The normalized spacial score (nSPS) is 14.2. The van der Waals surface area contributed by atoms with Crippen LogP contribution in [-0.4, -0.2) is 26.5 Å². The fourth-order valence-corrected chi connectivity index (χ4v) is 4.87. The molecule has 1 aromatic heterocycles. The molecule has 2 amide bonds. The van der Waals surface area contributed by atoms with Crippen LogP contribution in [0.4, 0.5) is 22.9 Å². The monoisotopic (exact) mass is 536 g/mol. The van der Waals surface area contributed by atoms with E-state index < -0.39 is 11.0 Å². The number of carbonyl (C=O) groups is 2. The van der Waals surface area contributed by atoms with E-state index in [0.29, 0.717) is 39.6 Å². The summed E-state index contributed by atoms with van der Waals surface area (Å²) in [6, 6.07) is 18.4. The number of anilines is 3. The van der Waals surface area contributed by atoms with Crippen molar-refractivity contribution in [3.63, 3.8) is 0 Å². The Labute approximate surface area is 230 Å². The van der Waals surface area contributed by atoms with Gasteiger partial charge in [-0.3, -0.25) is 19.7 Å². The second-order valence-corrected chi connectivity index (χ2v) is 9.86. The van der Waals surface area contributed by atoms with Crippen molar-refractivity contribution in [3.05, 3.63) is 122 Å². The number of nitro groups is 1. The average molecular weight is 537 g/mol. The molecule has 0 spiro atoms. The summed E-state index contributed by atoms with van der Waals surface area (Å²) in [4.78, 5) is 37.8. The summed E-state index contributed by atoms with van der Waals surface area (Å²) in [5.74, 6) is -0.306. The lowest BCUT2D eigenvalue weighted by Crippen LogP contribution is -2.32. The third kappa shape index (κ3) is 5.06. The highest BCUT2D eigenvalue weighted by Crippen LogP contribution is 2.38. The van der Waals surface area contributed by atoms with Gasteiger partial charge in [0.05, 0.1) is 16.7 Å². The van der Waals surface area contributed by atoms with Crippen molar-refractivity contribution in [2.24, 2.45) is 0 Å². The van der Waals surface area contributed by atoms with Gasteiger partial charge in [-0.15, -0.1) is 0 Å². The van der Waals surface area contributed by atoms with Crippen LogP contribution < -0.4 is 16.0 Å². The summed E-state index contributed by atoms with van der Waals surface area (Å²) in [5.41, 5.74) is 6.04. The fourth-order valence-electron chi connectivity index (χ4n) is 4.87. The Morgan fingerprint density at radius 2 is 1.65 bits per heavy atom. The summed E-state index contributed by atoms with van der Waals surface area (Å²) in [6.45, 7) is 7.59. The summed E-state index contributed by atoms with van der Waals surface area (Å²) in [7, 11) is 0. The van der Waals surface area contributed by atoms with Crippen LogP contribution in [0.2, 0.25) is 0 Å². The van der Waals surface area contributed by atoms with Crippen molar-refractivity contribution in [2.45, 2.75) is 33.7 Å². The molecule has 1 aliphatic heterocycles. The summed E-state index contributed by atoms with van der Waals surface area (Å²) >= 11 is 0. The molecule has 3 N–H and O–H groups in total. The molecule has 0 fully saturated rings. The van der Waals surface area contributed by atoms with Gasteiger partial charge in [0.25, 0.3) is 17.5 Å².